The van der Waals surface area contributed by atoms with E-state index in [2.05, 4.69) is 4.98 Å². The van der Waals surface area contributed by atoms with Gasteiger partial charge in [0.2, 0.25) is 5.91 Å². The van der Waals surface area contributed by atoms with Crippen molar-refractivity contribution in [2.24, 2.45) is 11.5 Å². The molecule has 1 heterocycles. The van der Waals surface area contributed by atoms with Gasteiger partial charge in [0.25, 0.3) is 5.91 Å². The normalized spacial score (nSPS) is 9.96. The van der Waals surface area contributed by atoms with E-state index in [9.17, 15) is 9.59 Å². The molecule has 23 heavy (non-hydrogen) atoms. The van der Waals surface area contributed by atoms with E-state index in [1.165, 1.54) is 16.2 Å². The minimum absolute atomic E-state index is 0. The number of benzene rings is 1. The first-order chi connectivity index (χ1) is 10.6. The maximum Gasteiger partial charge on any atom is 0.274 e. The second kappa shape index (κ2) is 9.24. The first-order valence-corrected chi connectivity index (χ1v) is 7.74. The topological polar surface area (TPSA) is 102 Å². The zero-order valence-electron chi connectivity index (χ0n) is 12.5. The molecule has 0 atom stereocenters. The van der Waals surface area contributed by atoms with Gasteiger partial charge in [-0.25, -0.2) is 4.98 Å². The Bertz CT molecular complexity index is 648. The third-order valence-corrected chi connectivity index (χ3v) is 3.89. The van der Waals surface area contributed by atoms with Crippen molar-refractivity contribution in [2.45, 2.75) is 13.0 Å². The number of rotatable bonds is 7. The van der Waals surface area contributed by atoms with Crippen LogP contribution in [0.15, 0.2) is 35.7 Å². The molecule has 6 nitrogen and oxygen atoms in total. The molecule has 0 spiro atoms. The van der Waals surface area contributed by atoms with Gasteiger partial charge in [0.15, 0.2) is 0 Å². The third-order valence-electron chi connectivity index (χ3n) is 2.98. The largest absolute Gasteiger partial charge is 0.368 e. The lowest BCUT2D eigenvalue weighted by atomic mass is 10.2. The van der Waals surface area contributed by atoms with Crippen molar-refractivity contribution in [3.63, 3.8) is 0 Å². The predicted molar refractivity (Wildman–Crippen MR) is 92.5 cm³/mol. The molecule has 0 fully saturated rings. The molecule has 0 aliphatic carbocycles. The predicted octanol–water partition coefficient (Wildman–Crippen LogP) is 1.19. The van der Waals surface area contributed by atoms with Crippen LogP contribution in [-0.2, 0) is 17.8 Å². The van der Waals surface area contributed by atoms with E-state index in [-0.39, 0.29) is 24.9 Å². The van der Waals surface area contributed by atoms with Crippen LogP contribution >= 0.6 is 23.7 Å². The summed E-state index contributed by atoms with van der Waals surface area (Å²) < 4.78 is 0. The number of carbonyl (C=O) groups is 2. The van der Waals surface area contributed by atoms with Gasteiger partial charge in [-0.2, -0.15) is 0 Å². The Morgan fingerprint density at radius 3 is 2.52 bits per heavy atom. The van der Waals surface area contributed by atoms with Gasteiger partial charge in [0.1, 0.15) is 12.2 Å². The van der Waals surface area contributed by atoms with E-state index in [4.69, 9.17) is 11.5 Å². The molecule has 1 aromatic carbocycles. The number of thiazole rings is 1. The number of hydrogen-bond donors (Lipinski definition) is 2. The summed E-state index contributed by atoms with van der Waals surface area (Å²) in [5.41, 5.74) is 12.0. The number of amides is 2. The first kappa shape index (κ1) is 19.1. The van der Waals surface area contributed by atoms with E-state index in [1.807, 2.05) is 30.3 Å². The maximum absolute atomic E-state index is 12.5. The van der Waals surface area contributed by atoms with E-state index < -0.39 is 5.91 Å². The molecule has 2 aromatic rings. The molecule has 2 amide bonds. The first-order valence-electron chi connectivity index (χ1n) is 6.86. The number of nitrogens with zero attached hydrogens (tertiary/aromatic N) is 2. The van der Waals surface area contributed by atoms with Gasteiger partial charge < -0.3 is 16.4 Å². The van der Waals surface area contributed by atoms with E-state index >= 15 is 0 Å². The zero-order valence-corrected chi connectivity index (χ0v) is 14.1. The van der Waals surface area contributed by atoms with Gasteiger partial charge in [-0.1, -0.05) is 30.3 Å². The smallest absolute Gasteiger partial charge is 0.274 e. The molecule has 0 saturated carbocycles. The molecule has 1 aromatic heterocycles. The zero-order chi connectivity index (χ0) is 15.9. The Labute approximate surface area is 144 Å². The molecule has 124 valence electrons. The van der Waals surface area contributed by atoms with Crippen molar-refractivity contribution in [1.29, 1.82) is 0 Å². The Kier molecular flexibility index (Phi) is 7.67. The van der Waals surface area contributed by atoms with Gasteiger partial charge >= 0.3 is 0 Å². The molecule has 0 aliphatic heterocycles. The fourth-order valence-corrected chi connectivity index (χ4v) is 2.79. The molecule has 0 saturated heterocycles. The molecule has 4 N–H and O–H groups in total. The highest BCUT2D eigenvalue weighted by Crippen LogP contribution is 2.14. The molecule has 0 bridgehead atoms. The standard InChI is InChI=1S/C15H18N4O2S.ClH/c16-7-6-14-18-12(10-22-14)15(21)19(9-13(17)20)8-11-4-2-1-3-5-11;/h1-5,10H,6-9,16H2,(H2,17,20);1H. The molecular weight excluding hydrogens is 336 g/mol. The van der Waals surface area contributed by atoms with Crippen molar-refractivity contribution in [2.75, 3.05) is 13.1 Å². The Morgan fingerprint density at radius 2 is 1.91 bits per heavy atom. The molecule has 2 rings (SSSR count). The van der Waals surface area contributed by atoms with E-state index in [1.54, 1.807) is 5.38 Å². The van der Waals surface area contributed by atoms with Crippen LogP contribution in [0.1, 0.15) is 21.1 Å². The number of carbonyl (C=O) groups excluding carboxylic acids is 2. The van der Waals surface area contributed by atoms with Crippen molar-refractivity contribution in [1.82, 2.24) is 9.88 Å². The summed E-state index contributed by atoms with van der Waals surface area (Å²) in [7, 11) is 0. The Balaban J connectivity index is 0.00000264. The molecule has 8 heteroatoms. The van der Waals surface area contributed by atoms with Crippen LogP contribution in [0.5, 0.6) is 0 Å². The molecule has 0 radical (unpaired) electrons. The summed E-state index contributed by atoms with van der Waals surface area (Å²) in [6.45, 7) is 0.653. The minimum Gasteiger partial charge on any atom is -0.368 e. The van der Waals surface area contributed by atoms with E-state index in [0.717, 1.165) is 10.6 Å². The van der Waals surface area contributed by atoms with Gasteiger partial charge in [0, 0.05) is 18.3 Å². The van der Waals surface area contributed by atoms with Gasteiger partial charge in [-0.3, -0.25) is 9.59 Å². The molecular formula is C15H19ClN4O2S. The Morgan fingerprint density at radius 1 is 1.22 bits per heavy atom. The summed E-state index contributed by atoms with van der Waals surface area (Å²) in [6.07, 6.45) is 0.631. The molecule has 0 unspecified atom stereocenters. The lowest BCUT2D eigenvalue weighted by Crippen LogP contribution is -2.38. The highest BCUT2D eigenvalue weighted by molar-refractivity contribution is 7.09. The van der Waals surface area contributed by atoms with Crippen molar-refractivity contribution in [3.05, 3.63) is 52.0 Å². The summed E-state index contributed by atoms with van der Waals surface area (Å²) in [4.78, 5) is 29.4. The monoisotopic (exact) mass is 354 g/mol. The highest BCUT2D eigenvalue weighted by Gasteiger charge is 2.20. The quantitative estimate of drug-likeness (QED) is 0.779. The number of primary amides is 1. The second-order valence-electron chi connectivity index (χ2n) is 4.78. The lowest BCUT2D eigenvalue weighted by molar-refractivity contribution is -0.118. The summed E-state index contributed by atoms with van der Waals surface area (Å²) >= 11 is 1.39. The Hall–Kier alpha value is -1.96. The van der Waals surface area contributed by atoms with Gasteiger partial charge in [-0.05, 0) is 12.1 Å². The minimum atomic E-state index is -0.554. The van der Waals surface area contributed by atoms with E-state index in [0.29, 0.717) is 25.2 Å². The number of nitrogens with two attached hydrogens (primary N) is 2. The highest BCUT2D eigenvalue weighted by atomic mass is 35.5. The fourth-order valence-electron chi connectivity index (χ4n) is 2.00. The third kappa shape index (κ3) is 5.63. The summed E-state index contributed by atoms with van der Waals surface area (Å²) in [5, 5.41) is 2.50. The van der Waals surface area contributed by atoms with Crippen molar-refractivity contribution < 1.29 is 9.59 Å². The number of hydrogen-bond acceptors (Lipinski definition) is 5. The summed E-state index contributed by atoms with van der Waals surface area (Å²) in [6, 6.07) is 9.43. The van der Waals surface area contributed by atoms with Crippen LogP contribution in [-0.4, -0.2) is 34.8 Å². The second-order valence-corrected chi connectivity index (χ2v) is 5.72. The van der Waals surface area contributed by atoms with Gasteiger partial charge in [0.05, 0.1) is 5.01 Å². The van der Waals surface area contributed by atoms with Crippen LogP contribution in [0.4, 0.5) is 0 Å². The summed E-state index contributed by atoms with van der Waals surface area (Å²) in [5.74, 6) is -0.858. The van der Waals surface area contributed by atoms with Crippen molar-refractivity contribution in [3.8, 4) is 0 Å². The SMILES string of the molecule is Cl.NCCc1nc(C(=O)N(CC(N)=O)Cc2ccccc2)cs1. The van der Waals surface area contributed by atoms with Crippen molar-refractivity contribution >= 4 is 35.6 Å². The number of halogens is 1. The average molecular weight is 355 g/mol. The molecule has 0 aliphatic rings. The fraction of sp³-hybridized carbons (Fsp3) is 0.267. The van der Waals surface area contributed by atoms with Gasteiger partial charge in [-0.15, -0.1) is 23.7 Å². The lowest BCUT2D eigenvalue weighted by Gasteiger charge is -2.20. The van der Waals surface area contributed by atoms with Crippen LogP contribution in [0, 0.1) is 0 Å². The van der Waals surface area contributed by atoms with Crippen LogP contribution < -0.4 is 11.5 Å². The van der Waals surface area contributed by atoms with Crippen LogP contribution in [0.2, 0.25) is 0 Å². The maximum atomic E-state index is 12.5. The van der Waals surface area contributed by atoms with Crippen LogP contribution in [0.3, 0.4) is 0 Å². The van der Waals surface area contributed by atoms with Crippen LogP contribution in [0.25, 0.3) is 0 Å². The average Bonchev–Trinajstić information content (AvgIpc) is 2.95. The number of aromatic nitrogens is 1.